The summed E-state index contributed by atoms with van der Waals surface area (Å²) < 4.78 is 11.9. The molecule has 1 N–H and O–H groups in total. The molecular formula is C20H30N4O3. The molecular weight excluding hydrogens is 344 g/mol. The number of likely N-dealkylation sites (tertiary alicyclic amines) is 1. The highest BCUT2D eigenvalue weighted by atomic mass is 16.5. The van der Waals surface area contributed by atoms with Crippen molar-refractivity contribution in [2.75, 3.05) is 44.2 Å². The zero-order valence-electron chi connectivity index (χ0n) is 15.9. The summed E-state index contributed by atoms with van der Waals surface area (Å²) in [6.07, 6.45) is 8.61. The predicted octanol–water partition coefficient (Wildman–Crippen LogP) is 2.41. The predicted molar refractivity (Wildman–Crippen MR) is 103 cm³/mol. The van der Waals surface area contributed by atoms with Crippen molar-refractivity contribution in [2.24, 2.45) is 0 Å². The Labute approximate surface area is 161 Å². The molecule has 0 unspecified atom stereocenters. The van der Waals surface area contributed by atoms with Gasteiger partial charge in [-0.25, -0.2) is 9.78 Å². The van der Waals surface area contributed by atoms with Crippen LogP contribution in [0.15, 0.2) is 18.3 Å². The topological polar surface area (TPSA) is 66.9 Å². The fourth-order valence-electron chi connectivity index (χ4n) is 4.11. The van der Waals surface area contributed by atoms with Crippen molar-refractivity contribution < 1.29 is 14.3 Å². The molecule has 2 atom stereocenters. The molecule has 0 bridgehead atoms. The van der Waals surface area contributed by atoms with Gasteiger partial charge in [-0.3, -0.25) is 0 Å². The zero-order valence-corrected chi connectivity index (χ0v) is 15.9. The SMILES string of the molecule is O=C(NC[C@@H]1CCCCO1)N1CC[C@@H](Oc2cccnc2N2CCCC2)C1. The Morgan fingerprint density at radius 2 is 2.11 bits per heavy atom. The Morgan fingerprint density at radius 1 is 1.22 bits per heavy atom. The van der Waals surface area contributed by atoms with Crippen LogP contribution in [0, 0.1) is 0 Å². The van der Waals surface area contributed by atoms with Crippen LogP contribution in [0.5, 0.6) is 5.75 Å². The van der Waals surface area contributed by atoms with Gasteiger partial charge in [0, 0.05) is 45.4 Å². The van der Waals surface area contributed by atoms with Crippen molar-refractivity contribution in [2.45, 2.75) is 50.7 Å². The highest BCUT2D eigenvalue weighted by Gasteiger charge is 2.29. The lowest BCUT2D eigenvalue weighted by atomic mass is 10.1. The molecule has 0 aromatic carbocycles. The molecule has 1 aromatic rings. The first-order chi connectivity index (χ1) is 13.3. The van der Waals surface area contributed by atoms with E-state index in [1.807, 2.05) is 23.2 Å². The number of carbonyl (C=O) groups excluding carboxylic acids is 1. The van der Waals surface area contributed by atoms with E-state index in [1.165, 1.54) is 19.3 Å². The van der Waals surface area contributed by atoms with Crippen molar-refractivity contribution in [3.05, 3.63) is 18.3 Å². The van der Waals surface area contributed by atoms with Gasteiger partial charge in [0.05, 0.1) is 12.6 Å². The van der Waals surface area contributed by atoms with E-state index >= 15 is 0 Å². The van der Waals surface area contributed by atoms with E-state index in [9.17, 15) is 4.79 Å². The average Bonchev–Trinajstić information content (AvgIpc) is 3.40. The maximum Gasteiger partial charge on any atom is 0.317 e. The van der Waals surface area contributed by atoms with Gasteiger partial charge >= 0.3 is 6.03 Å². The van der Waals surface area contributed by atoms with Crippen LogP contribution in [0.2, 0.25) is 0 Å². The smallest absolute Gasteiger partial charge is 0.317 e. The minimum atomic E-state index is -0.0128. The van der Waals surface area contributed by atoms with Gasteiger partial charge in [-0.1, -0.05) is 0 Å². The number of hydrogen-bond acceptors (Lipinski definition) is 5. The molecule has 0 radical (unpaired) electrons. The second-order valence-electron chi connectivity index (χ2n) is 7.67. The molecule has 27 heavy (non-hydrogen) atoms. The van der Waals surface area contributed by atoms with E-state index in [0.29, 0.717) is 13.1 Å². The molecule has 4 rings (SSSR count). The van der Waals surface area contributed by atoms with Gasteiger partial charge in [0.1, 0.15) is 6.10 Å². The second-order valence-corrected chi connectivity index (χ2v) is 7.67. The summed E-state index contributed by atoms with van der Waals surface area (Å²) in [6.45, 7) is 4.83. The van der Waals surface area contributed by atoms with Gasteiger partial charge in [-0.15, -0.1) is 0 Å². The molecule has 3 aliphatic heterocycles. The summed E-state index contributed by atoms with van der Waals surface area (Å²) in [5, 5.41) is 3.02. The minimum Gasteiger partial charge on any atom is -0.485 e. The molecule has 4 heterocycles. The molecule has 148 valence electrons. The van der Waals surface area contributed by atoms with E-state index in [4.69, 9.17) is 9.47 Å². The van der Waals surface area contributed by atoms with E-state index in [2.05, 4.69) is 15.2 Å². The van der Waals surface area contributed by atoms with Crippen molar-refractivity contribution in [1.29, 1.82) is 0 Å². The Bertz CT molecular complexity index is 629. The Hall–Kier alpha value is -2.02. The molecule has 0 aliphatic carbocycles. The van der Waals surface area contributed by atoms with Crippen LogP contribution in [-0.4, -0.2) is 67.5 Å². The molecule has 3 fully saturated rings. The number of anilines is 1. The van der Waals surface area contributed by atoms with Crippen LogP contribution in [0.25, 0.3) is 0 Å². The van der Waals surface area contributed by atoms with Crippen LogP contribution in [0.4, 0.5) is 10.6 Å². The number of nitrogens with zero attached hydrogens (tertiary/aromatic N) is 3. The first kappa shape index (κ1) is 18.3. The summed E-state index contributed by atoms with van der Waals surface area (Å²) in [6, 6.07) is 3.89. The van der Waals surface area contributed by atoms with E-state index in [-0.39, 0.29) is 18.2 Å². The molecule has 7 heteroatoms. The molecule has 7 nitrogen and oxygen atoms in total. The maximum absolute atomic E-state index is 12.4. The zero-order chi connectivity index (χ0) is 18.5. The number of amides is 2. The van der Waals surface area contributed by atoms with Crippen molar-refractivity contribution >= 4 is 11.8 Å². The lowest BCUT2D eigenvalue weighted by molar-refractivity contribution is 0.0178. The molecule has 3 saturated heterocycles. The standard InChI is InChI=1S/C20H30N4O3/c25-20(22-14-16-6-1-4-13-26-16)24-12-8-17(15-24)27-18-7-5-9-21-19(18)23-10-2-3-11-23/h5,7,9,16-17H,1-4,6,8,10-15H2,(H,22,25)/t16-,17+/m0/s1. The van der Waals surface area contributed by atoms with E-state index in [0.717, 1.165) is 57.1 Å². The highest BCUT2D eigenvalue weighted by molar-refractivity contribution is 5.74. The molecule has 0 saturated carbocycles. The van der Waals surface area contributed by atoms with Gasteiger partial charge in [0.25, 0.3) is 0 Å². The van der Waals surface area contributed by atoms with Crippen LogP contribution >= 0.6 is 0 Å². The third-order valence-corrected chi connectivity index (χ3v) is 5.64. The Morgan fingerprint density at radius 3 is 2.93 bits per heavy atom. The van der Waals surface area contributed by atoms with Gasteiger partial charge in [-0.2, -0.15) is 0 Å². The average molecular weight is 374 g/mol. The number of rotatable bonds is 5. The van der Waals surface area contributed by atoms with Crippen molar-refractivity contribution in [3.8, 4) is 5.75 Å². The van der Waals surface area contributed by atoms with Gasteiger partial charge in [0.15, 0.2) is 11.6 Å². The number of pyridine rings is 1. The monoisotopic (exact) mass is 374 g/mol. The summed E-state index contributed by atoms with van der Waals surface area (Å²) in [7, 11) is 0. The Kier molecular flexibility index (Phi) is 5.97. The third-order valence-electron chi connectivity index (χ3n) is 5.64. The minimum absolute atomic E-state index is 0.0128. The van der Waals surface area contributed by atoms with Crippen LogP contribution in [0.1, 0.15) is 38.5 Å². The van der Waals surface area contributed by atoms with Crippen molar-refractivity contribution in [3.63, 3.8) is 0 Å². The van der Waals surface area contributed by atoms with Crippen LogP contribution in [0.3, 0.4) is 0 Å². The number of urea groups is 1. The fourth-order valence-corrected chi connectivity index (χ4v) is 4.11. The molecule has 3 aliphatic rings. The van der Waals surface area contributed by atoms with E-state index < -0.39 is 0 Å². The molecule has 2 amide bonds. The first-order valence-electron chi connectivity index (χ1n) is 10.3. The number of aromatic nitrogens is 1. The second kappa shape index (κ2) is 8.78. The summed E-state index contributed by atoms with van der Waals surface area (Å²) in [5.41, 5.74) is 0. The van der Waals surface area contributed by atoms with Gasteiger partial charge in [0.2, 0.25) is 0 Å². The summed E-state index contributed by atoms with van der Waals surface area (Å²) >= 11 is 0. The van der Waals surface area contributed by atoms with Gasteiger partial charge in [-0.05, 0) is 44.2 Å². The number of hydrogen-bond donors (Lipinski definition) is 1. The van der Waals surface area contributed by atoms with Gasteiger partial charge < -0.3 is 24.6 Å². The lowest BCUT2D eigenvalue weighted by Crippen LogP contribution is -2.43. The summed E-state index contributed by atoms with van der Waals surface area (Å²) in [5.74, 6) is 1.77. The number of ether oxygens (including phenoxy) is 2. The highest BCUT2D eigenvalue weighted by Crippen LogP contribution is 2.30. The number of carbonyl (C=O) groups is 1. The Balaban J connectivity index is 1.28. The fraction of sp³-hybridized carbons (Fsp3) is 0.700. The number of nitrogens with one attached hydrogen (secondary N) is 1. The summed E-state index contributed by atoms with van der Waals surface area (Å²) in [4.78, 5) is 21.1. The molecule has 1 aromatic heterocycles. The lowest BCUT2D eigenvalue weighted by Gasteiger charge is -2.25. The van der Waals surface area contributed by atoms with E-state index in [1.54, 1.807) is 0 Å². The molecule has 0 spiro atoms. The van der Waals surface area contributed by atoms with Crippen LogP contribution < -0.4 is 15.0 Å². The third kappa shape index (κ3) is 4.64. The van der Waals surface area contributed by atoms with Crippen molar-refractivity contribution in [1.82, 2.24) is 15.2 Å². The largest absolute Gasteiger partial charge is 0.485 e. The quantitative estimate of drug-likeness (QED) is 0.857. The first-order valence-corrected chi connectivity index (χ1v) is 10.3. The normalized spacial score (nSPS) is 25.6. The maximum atomic E-state index is 12.4. The van der Waals surface area contributed by atoms with Crippen LogP contribution in [-0.2, 0) is 4.74 Å².